The molecule has 0 saturated carbocycles. The fourth-order valence-corrected chi connectivity index (χ4v) is 4.67. The Bertz CT molecular complexity index is 1020. The monoisotopic (exact) mass is 503 g/mol. The van der Waals surface area contributed by atoms with Crippen molar-refractivity contribution in [2.24, 2.45) is 5.10 Å². The Balaban J connectivity index is 1.40. The predicted molar refractivity (Wildman–Crippen MR) is 119 cm³/mol. The molecule has 0 atom stereocenters. The highest BCUT2D eigenvalue weighted by Crippen LogP contribution is 2.31. The fraction of sp³-hybridized carbons (Fsp3) is 0.238. The normalized spacial score (nSPS) is 14.7. The van der Waals surface area contributed by atoms with E-state index >= 15 is 0 Å². The second-order valence-corrected chi connectivity index (χ2v) is 8.52. The average Bonchev–Trinajstić information content (AvgIpc) is 3.14. The minimum absolute atomic E-state index is 0.214. The molecule has 1 amide bonds. The highest BCUT2D eigenvalue weighted by molar-refractivity contribution is 9.11. The summed E-state index contributed by atoms with van der Waals surface area (Å²) in [6.07, 6.45) is 5.46. The van der Waals surface area contributed by atoms with Gasteiger partial charge in [0.15, 0.2) is 5.76 Å². The van der Waals surface area contributed by atoms with Crippen LogP contribution in [0.5, 0.6) is 0 Å². The lowest BCUT2D eigenvalue weighted by Gasteiger charge is -2.28. The molecule has 1 fully saturated rings. The Morgan fingerprint density at radius 1 is 1.07 bits per heavy atom. The molecule has 1 aliphatic heterocycles. The summed E-state index contributed by atoms with van der Waals surface area (Å²) in [7, 11) is 0. The van der Waals surface area contributed by atoms with Gasteiger partial charge in [0.1, 0.15) is 5.58 Å². The van der Waals surface area contributed by atoms with E-state index < -0.39 is 0 Å². The van der Waals surface area contributed by atoms with Gasteiger partial charge in [-0.3, -0.25) is 4.79 Å². The Morgan fingerprint density at radius 2 is 1.82 bits per heavy atom. The Kier molecular flexibility index (Phi) is 5.82. The van der Waals surface area contributed by atoms with E-state index in [2.05, 4.69) is 59.4 Å². The van der Waals surface area contributed by atoms with E-state index in [1.807, 2.05) is 24.3 Å². The summed E-state index contributed by atoms with van der Waals surface area (Å²) in [5.74, 6) is -0.174. The number of furan rings is 1. The van der Waals surface area contributed by atoms with Gasteiger partial charge >= 0.3 is 5.91 Å². The molecule has 2 heterocycles. The standard InChI is InChI=1S/C21H19Br2N3O2/c22-16-10-15-11-19(28-20(15)18(23)12-16)21(27)25-24-13-14-4-6-17(7-5-14)26-8-2-1-3-9-26/h4-7,10-13H,1-3,8-9H2,(H,25,27)/b24-13-. The third-order valence-electron chi connectivity index (χ3n) is 4.75. The van der Waals surface area contributed by atoms with E-state index in [-0.39, 0.29) is 11.7 Å². The van der Waals surface area contributed by atoms with Crippen LogP contribution in [0.15, 0.2) is 60.9 Å². The largest absolute Gasteiger partial charge is 0.450 e. The minimum Gasteiger partial charge on any atom is -0.450 e. The van der Waals surface area contributed by atoms with Crippen LogP contribution in [0.3, 0.4) is 0 Å². The van der Waals surface area contributed by atoms with Crippen molar-refractivity contribution in [2.75, 3.05) is 18.0 Å². The van der Waals surface area contributed by atoms with Gasteiger partial charge in [-0.1, -0.05) is 28.1 Å². The van der Waals surface area contributed by atoms with Crippen molar-refractivity contribution >= 4 is 60.6 Å². The molecule has 0 radical (unpaired) electrons. The van der Waals surface area contributed by atoms with Gasteiger partial charge in [-0.2, -0.15) is 5.10 Å². The Labute approximate surface area is 180 Å². The number of benzene rings is 2. The number of nitrogens with zero attached hydrogens (tertiary/aromatic N) is 2. The summed E-state index contributed by atoms with van der Waals surface area (Å²) in [4.78, 5) is 14.7. The molecule has 0 unspecified atom stereocenters. The maximum absolute atomic E-state index is 12.3. The molecule has 144 valence electrons. The van der Waals surface area contributed by atoms with Crippen LogP contribution in [0, 0.1) is 0 Å². The number of hydrazone groups is 1. The molecule has 3 aromatic rings. The molecule has 0 bridgehead atoms. The van der Waals surface area contributed by atoms with Crippen LogP contribution in [0.25, 0.3) is 11.0 Å². The Hall–Kier alpha value is -2.12. The molecule has 0 spiro atoms. The van der Waals surface area contributed by atoms with Crippen molar-refractivity contribution in [3.63, 3.8) is 0 Å². The summed E-state index contributed by atoms with van der Waals surface area (Å²) in [5, 5.41) is 4.89. The van der Waals surface area contributed by atoms with Crippen LogP contribution in [0.4, 0.5) is 5.69 Å². The molecular weight excluding hydrogens is 486 g/mol. The summed E-state index contributed by atoms with van der Waals surface area (Å²) in [6, 6.07) is 13.7. The maximum Gasteiger partial charge on any atom is 0.307 e. The van der Waals surface area contributed by atoms with Crippen molar-refractivity contribution in [3.8, 4) is 0 Å². The van der Waals surface area contributed by atoms with Gasteiger partial charge < -0.3 is 9.32 Å². The van der Waals surface area contributed by atoms with E-state index in [1.54, 1.807) is 12.3 Å². The number of piperidine rings is 1. The molecular formula is C21H19Br2N3O2. The Morgan fingerprint density at radius 3 is 2.57 bits per heavy atom. The van der Waals surface area contributed by atoms with Crippen LogP contribution in [0.2, 0.25) is 0 Å². The van der Waals surface area contributed by atoms with Gasteiger partial charge in [-0.05, 0) is 71.1 Å². The maximum atomic E-state index is 12.3. The van der Waals surface area contributed by atoms with E-state index in [0.717, 1.165) is 33.0 Å². The molecule has 0 aliphatic carbocycles. The fourth-order valence-electron chi connectivity index (χ4n) is 3.33. The van der Waals surface area contributed by atoms with Crippen LogP contribution < -0.4 is 10.3 Å². The summed E-state index contributed by atoms with van der Waals surface area (Å²) >= 11 is 6.87. The number of rotatable bonds is 4. The number of nitrogens with one attached hydrogen (secondary N) is 1. The first kappa shape index (κ1) is 19.2. The van der Waals surface area contributed by atoms with Gasteiger partial charge in [-0.15, -0.1) is 0 Å². The van der Waals surface area contributed by atoms with Crippen molar-refractivity contribution in [1.29, 1.82) is 0 Å². The van der Waals surface area contributed by atoms with Crippen LogP contribution in [-0.4, -0.2) is 25.2 Å². The first-order valence-corrected chi connectivity index (χ1v) is 10.8. The lowest BCUT2D eigenvalue weighted by atomic mass is 10.1. The SMILES string of the molecule is O=C(N/N=C\c1ccc(N2CCCCC2)cc1)c1cc2cc(Br)cc(Br)c2o1. The lowest BCUT2D eigenvalue weighted by Crippen LogP contribution is -2.29. The number of fused-ring (bicyclic) bond motifs is 1. The number of carbonyl (C=O) groups excluding carboxylic acids is 1. The number of amides is 1. The molecule has 1 N–H and O–H groups in total. The molecule has 1 saturated heterocycles. The number of hydrogen-bond donors (Lipinski definition) is 1. The van der Waals surface area contributed by atoms with E-state index in [0.29, 0.717) is 5.58 Å². The van der Waals surface area contributed by atoms with Crippen LogP contribution >= 0.6 is 31.9 Å². The highest BCUT2D eigenvalue weighted by Gasteiger charge is 2.14. The molecule has 4 rings (SSSR count). The quantitative estimate of drug-likeness (QED) is 0.365. The molecule has 28 heavy (non-hydrogen) atoms. The second kappa shape index (κ2) is 8.49. The molecule has 1 aromatic heterocycles. The average molecular weight is 505 g/mol. The highest BCUT2D eigenvalue weighted by atomic mass is 79.9. The second-order valence-electron chi connectivity index (χ2n) is 6.75. The summed E-state index contributed by atoms with van der Waals surface area (Å²) < 4.78 is 7.34. The number of anilines is 1. The van der Waals surface area contributed by atoms with Crippen LogP contribution in [0.1, 0.15) is 35.4 Å². The zero-order valence-corrected chi connectivity index (χ0v) is 18.3. The van der Waals surface area contributed by atoms with Crippen LogP contribution in [-0.2, 0) is 0 Å². The number of halogens is 2. The van der Waals surface area contributed by atoms with E-state index in [1.165, 1.54) is 24.9 Å². The van der Waals surface area contributed by atoms with Crippen molar-refractivity contribution in [1.82, 2.24) is 5.43 Å². The molecule has 2 aromatic carbocycles. The first-order chi connectivity index (χ1) is 13.6. The van der Waals surface area contributed by atoms with Gasteiger partial charge in [0.05, 0.1) is 10.7 Å². The number of hydrogen-bond acceptors (Lipinski definition) is 4. The molecule has 1 aliphatic rings. The van der Waals surface area contributed by atoms with Gasteiger partial charge in [-0.25, -0.2) is 5.43 Å². The zero-order chi connectivity index (χ0) is 19.5. The zero-order valence-electron chi connectivity index (χ0n) is 15.1. The van der Waals surface area contributed by atoms with Gasteiger partial charge in [0.2, 0.25) is 0 Å². The smallest absolute Gasteiger partial charge is 0.307 e. The van der Waals surface area contributed by atoms with Crippen molar-refractivity contribution in [2.45, 2.75) is 19.3 Å². The summed E-state index contributed by atoms with van der Waals surface area (Å²) in [5.41, 5.74) is 5.31. The lowest BCUT2D eigenvalue weighted by molar-refractivity contribution is 0.0929. The predicted octanol–water partition coefficient (Wildman–Crippen LogP) is 5.71. The first-order valence-electron chi connectivity index (χ1n) is 9.17. The van der Waals surface area contributed by atoms with Gasteiger partial charge in [0, 0.05) is 28.6 Å². The minimum atomic E-state index is -0.389. The molecule has 5 nitrogen and oxygen atoms in total. The van der Waals surface area contributed by atoms with Gasteiger partial charge in [0.25, 0.3) is 0 Å². The third kappa shape index (κ3) is 4.31. The van der Waals surface area contributed by atoms with E-state index in [9.17, 15) is 4.79 Å². The van der Waals surface area contributed by atoms with E-state index in [4.69, 9.17) is 4.42 Å². The summed E-state index contributed by atoms with van der Waals surface area (Å²) in [6.45, 7) is 2.24. The third-order valence-corrected chi connectivity index (χ3v) is 5.80. The number of carbonyl (C=O) groups is 1. The van der Waals surface area contributed by atoms with Crippen molar-refractivity contribution < 1.29 is 9.21 Å². The topological polar surface area (TPSA) is 57.8 Å². The van der Waals surface area contributed by atoms with Crippen molar-refractivity contribution in [3.05, 3.63) is 62.7 Å². The molecule has 7 heteroatoms.